The Morgan fingerprint density at radius 3 is 2.80 bits per heavy atom. The van der Waals surface area contributed by atoms with Gasteiger partial charge in [0.1, 0.15) is 0 Å². The normalized spacial score (nSPS) is 12.6. The van der Waals surface area contributed by atoms with Gasteiger partial charge < -0.3 is 15.7 Å². The molecule has 0 aliphatic rings. The fourth-order valence-corrected chi connectivity index (χ4v) is 2.82. The third kappa shape index (κ3) is 4.02. The van der Waals surface area contributed by atoms with E-state index in [2.05, 4.69) is 41.6 Å². The number of nitrogens with zero attached hydrogens (tertiary/aromatic N) is 4. The molecule has 0 aliphatic carbocycles. The second-order valence-corrected chi connectivity index (χ2v) is 7.20. The molecular formula is C16H18BrClN6O. The van der Waals surface area contributed by atoms with Gasteiger partial charge in [-0.05, 0) is 40.0 Å². The highest BCUT2D eigenvalue weighted by Crippen LogP contribution is 2.24. The Morgan fingerprint density at radius 2 is 2.12 bits per heavy atom. The molecule has 0 saturated carbocycles. The molecule has 0 spiro atoms. The lowest BCUT2D eigenvalue weighted by Gasteiger charge is -2.20. The highest BCUT2D eigenvalue weighted by Gasteiger charge is 2.17. The minimum absolute atomic E-state index is 0.0102. The van der Waals surface area contributed by atoms with Crippen LogP contribution in [0.15, 0.2) is 34.9 Å². The molecule has 3 rings (SSSR count). The first-order chi connectivity index (χ1) is 12.0. The zero-order valence-electron chi connectivity index (χ0n) is 13.7. The summed E-state index contributed by atoms with van der Waals surface area (Å²) in [5, 5.41) is 20.8. The number of aromatic nitrogens is 4. The van der Waals surface area contributed by atoms with Crippen molar-refractivity contribution >= 4 is 50.8 Å². The Morgan fingerprint density at radius 1 is 1.32 bits per heavy atom. The molecule has 0 radical (unpaired) electrons. The van der Waals surface area contributed by atoms with Crippen molar-refractivity contribution in [2.24, 2.45) is 5.92 Å². The van der Waals surface area contributed by atoms with E-state index >= 15 is 0 Å². The van der Waals surface area contributed by atoms with Gasteiger partial charge in [0.15, 0.2) is 5.65 Å². The Hall–Kier alpha value is -1.90. The number of aliphatic hydroxyl groups is 1. The monoisotopic (exact) mass is 424 g/mol. The Kier molecular flexibility index (Phi) is 5.41. The first-order valence-electron chi connectivity index (χ1n) is 7.79. The molecule has 1 unspecified atom stereocenters. The van der Waals surface area contributed by atoms with Crippen molar-refractivity contribution in [3.63, 3.8) is 0 Å². The van der Waals surface area contributed by atoms with E-state index in [1.165, 1.54) is 0 Å². The van der Waals surface area contributed by atoms with Crippen molar-refractivity contribution < 1.29 is 5.11 Å². The summed E-state index contributed by atoms with van der Waals surface area (Å²) in [4.78, 5) is 8.98. The van der Waals surface area contributed by atoms with E-state index in [1.54, 1.807) is 22.8 Å². The van der Waals surface area contributed by atoms with Crippen molar-refractivity contribution in [2.75, 3.05) is 17.2 Å². The molecular weight excluding hydrogens is 408 g/mol. The van der Waals surface area contributed by atoms with Gasteiger partial charge in [0.2, 0.25) is 11.9 Å². The smallest absolute Gasteiger partial charge is 0.233 e. The summed E-state index contributed by atoms with van der Waals surface area (Å²) in [6, 6.07) is 7.18. The molecule has 0 aliphatic heterocycles. The Balaban J connectivity index is 2.01. The van der Waals surface area contributed by atoms with Crippen LogP contribution in [0.2, 0.25) is 5.02 Å². The Labute approximate surface area is 158 Å². The maximum absolute atomic E-state index is 9.55. The number of rotatable bonds is 6. The van der Waals surface area contributed by atoms with Gasteiger partial charge in [-0.1, -0.05) is 31.5 Å². The molecule has 0 bridgehead atoms. The molecule has 0 saturated heterocycles. The molecule has 7 nitrogen and oxygen atoms in total. The predicted molar refractivity (Wildman–Crippen MR) is 103 cm³/mol. The van der Waals surface area contributed by atoms with Gasteiger partial charge in [-0.15, -0.1) is 0 Å². The maximum atomic E-state index is 9.55. The van der Waals surface area contributed by atoms with Crippen LogP contribution < -0.4 is 10.6 Å². The van der Waals surface area contributed by atoms with Gasteiger partial charge in [0, 0.05) is 10.7 Å². The number of fused-ring (bicyclic) bond motifs is 1. The molecule has 3 N–H and O–H groups in total. The first-order valence-corrected chi connectivity index (χ1v) is 8.96. The Bertz CT molecular complexity index is 884. The van der Waals surface area contributed by atoms with E-state index in [1.807, 2.05) is 26.0 Å². The van der Waals surface area contributed by atoms with Crippen LogP contribution >= 0.6 is 27.5 Å². The largest absolute Gasteiger partial charge is 0.394 e. The van der Waals surface area contributed by atoms with Crippen molar-refractivity contribution in [2.45, 2.75) is 19.9 Å². The molecule has 1 atom stereocenters. The van der Waals surface area contributed by atoms with Gasteiger partial charge >= 0.3 is 0 Å². The average molecular weight is 426 g/mol. The van der Waals surface area contributed by atoms with Crippen LogP contribution in [0.3, 0.4) is 0 Å². The van der Waals surface area contributed by atoms with E-state index in [0.29, 0.717) is 22.6 Å². The van der Waals surface area contributed by atoms with Crippen LogP contribution in [-0.2, 0) is 0 Å². The lowest BCUT2D eigenvalue weighted by atomic mass is 10.1. The fraction of sp³-hybridized carbons (Fsp3) is 0.312. The highest BCUT2D eigenvalue weighted by molar-refractivity contribution is 9.10. The number of hydrogen-bond acceptors (Lipinski definition) is 6. The van der Waals surface area contributed by atoms with Crippen LogP contribution in [0.25, 0.3) is 5.65 Å². The lowest BCUT2D eigenvalue weighted by molar-refractivity contribution is 0.248. The molecule has 1 aromatic carbocycles. The number of anilines is 3. The minimum atomic E-state index is -0.150. The van der Waals surface area contributed by atoms with Crippen LogP contribution in [0.1, 0.15) is 13.8 Å². The third-order valence-electron chi connectivity index (χ3n) is 3.72. The van der Waals surface area contributed by atoms with Gasteiger partial charge in [-0.3, -0.25) is 0 Å². The minimum Gasteiger partial charge on any atom is -0.394 e. The number of nitrogens with one attached hydrogen (secondary N) is 2. The summed E-state index contributed by atoms with van der Waals surface area (Å²) >= 11 is 9.49. The number of hydrogen-bond donors (Lipinski definition) is 3. The van der Waals surface area contributed by atoms with Gasteiger partial charge in [-0.2, -0.15) is 19.6 Å². The summed E-state index contributed by atoms with van der Waals surface area (Å²) in [5.74, 6) is 1.12. The van der Waals surface area contributed by atoms with E-state index < -0.39 is 0 Å². The van der Waals surface area contributed by atoms with Gasteiger partial charge in [0.05, 0.1) is 23.3 Å². The van der Waals surface area contributed by atoms with Gasteiger partial charge in [-0.25, -0.2) is 0 Å². The van der Waals surface area contributed by atoms with E-state index in [9.17, 15) is 5.11 Å². The predicted octanol–water partition coefficient (Wildman–Crippen LogP) is 3.71. The number of aliphatic hydroxyl groups excluding tert-OH is 1. The molecule has 3 aromatic rings. The summed E-state index contributed by atoms with van der Waals surface area (Å²) in [6.45, 7) is 4.03. The van der Waals surface area contributed by atoms with Crippen molar-refractivity contribution in [1.82, 2.24) is 19.6 Å². The van der Waals surface area contributed by atoms with Crippen molar-refractivity contribution in [3.05, 3.63) is 40.0 Å². The first kappa shape index (κ1) is 17.9. The topological polar surface area (TPSA) is 87.4 Å². The lowest BCUT2D eigenvalue weighted by Crippen LogP contribution is -2.30. The second-order valence-electron chi connectivity index (χ2n) is 5.91. The summed E-state index contributed by atoms with van der Waals surface area (Å²) in [6.07, 6.45) is 1.66. The number of halogens is 2. The summed E-state index contributed by atoms with van der Waals surface area (Å²) < 4.78 is 2.34. The second kappa shape index (κ2) is 7.55. The van der Waals surface area contributed by atoms with Crippen LogP contribution in [0.5, 0.6) is 0 Å². The quantitative estimate of drug-likeness (QED) is 0.558. The molecule has 25 heavy (non-hydrogen) atoms. The van der Waals surface area contributed by atoms with Crippen molar-refractivity contribution in [1.29, 1.82) is 0 Å². The standard InChI is InChI=1S/C16H18BrClN6O/c1-9(2)13(8-25)21-15-22-14-12(17)7-19-24(14)16(23-15)20-11-5-3-4-10(18)6-11/h3-7,9,13,25H,8H2,1-2H3,(H2,20,21,22,23). The van der Waals surface area contributed by atoms with Crippen LogP contribution in [-0.4, -0.2) is 37.3 Å². The zero-order chi connectivity index (χ0) is 18.0. The van der Waals surface area contributed by atoms with Crippen molar-refractivity contribution in [3.8, 4) is 0 Å². The zero-order valence-corrected chi connectivity index (χ0v) is 16.1. The average Bonchev–Trinajstić information content (AvgIpc) is 2.94. The van der Waals surface area contributed by atoms with E-state index in [-0.39, 0.29) is 18.6 Å². The van der Waals surface area contributed by atoms with Crippen LogP contribution in [0.4, 0.5) is 17.6 Å². The maximum Gasteiger partial charge on any atom is 0.233 e. The highest BCUT2D eigenvalue weighted by atomic mass is 79.9. The molecule has 2 heterocycles. The molecule has 2 aromatic heterocycles. The third-order valence-corrected chi connectivity index (χ3v) is 4.52. The number of benzene rings is 1. The molecule has 0 fully saturated rings. The fourth-order valence-electron chi connectivity index (χ4n) is 2.28. The molecule has 9 heteroatoms. The van der Waals surface area contributed by atoms with Gasteiger partial charge in [0.25, 0.3) is 0 Å². The molecule has 132 valence electrons. The van der Waals surface area contributed by atoms with E-state index in [4.69, 9.17) is 11.6 Å². The van der Waals surface area contributed by atoms with E-state index in [0.717, 1.165) is 10.2 Å². The summed E-state index contributed by atoms with van der Waals surface area (Å²) in [5.41, 5.74) is 1.40. The SMILES string of the molecule is CC(C)C(CO)Nc1nc(Nc2cccc(Cl)c2)n2ncc(Br)c2n1. The summed E-state index contributed by atoms with van der Waals surface area (Å²) in [7, 11) is 0. The van der Waals surface area contributed by atoms with Crippen LogP contribution in [0, 0.1) is 5.92 Å². The molecule has 0 amide bonds.